The van der Waals surface area contributed by atoms with E-state index in [2.05, 4.69) is 0 Å². The summed E-state index contributed by atoms with van der Waals surface area (Å²) in [6.07, 6.45) is -8.01. The van der Waals surface area contributed by atoms with Crippen LogP contribution in [-0.2, 0) is 37.9 Å². The van der Waals surface area contributed by atoms with Crippen molar-refractivity contribution in [2.75, 3.05) is 21.3 Å². The molecule has 0 aromatic carbocycles. The fourth-order valence-corrected chi connectivity index (χ4v) is 4.68. The molecule has 32 heavy (non-hydrogen) atoms. The topological polar surface area (TPSA) is 135 Å². The molecule has 0 unspecified atom stereocenters. The molecule has 3 heterocycles. The van der Waals surface area contributed by atoms with Crippen molar-refractivity contribution in [1.29, 1.82) is 0 Å². The van der Waals surface area contributed by atoms with E-state index in [1.807, 2.05) is 13.8 Å². The molecule has 0 saturated carbocycles. The SMILES string of the molecule is CO[C@H]1[C@@H](O)[C@H](O[C@@H]2[C@@H](C)O[C@@H](O[C@H]3[C@@H](OC)C[C@H](O)O[C@@H]3C)C[C@H]2OC)O[C@H](C)[C@H]1O. The summed E-state index contributed by atoms with van der Waals surface area (Å²) < 4.78 is 45.9. The van der Waals surface area contributed by atoms with Crippen LogP contribution in [0.3, 0.4) is 0 Å². The normalized spacial score (nSPS) is 50.3. The lowest BCUT2D eigenvalue weighted by molar-refractivity contribution is -0.350. The third-order valence-electron chi connectivity index (χ3n) is 6.51. The first kappa shape index (κ1) is 26.2. The largest absolute Gasteiger partial charge is 0.388 e. The fraction of sp³-hybridized carbons (Fsp3) is 1.00. The summed E-state index contributed by atoms with van der Waals surface area (Å²) in [5.41, 5.74) is 0. The van der Waals surface area contributed by atoms with Crippen LogP contribution in [0.25, 0.3) is 0 Å². The number of hydrogen-bond acceptors (Lipinski definition) is 11. The van der Waals surface area contributed by atoms with Crippen LogP contribution in [0.5, 0.6) is 0 Å². The highest BCUT2D eigenvalue weighted by atomic mass is 16.7. The lowest BCUT2D eigenvalue weighted by atomic mass is 9.98. The highest BCUT2D eigenvalue weighted by Crippen LogP contribution is 2.33. The van der Waals surface area contributed by atoms with Gasteiger partial charge in [0.05, 0.1) is 30.5 Å². The van der Waals surface area contributed by atoms with Crippen molar-refractivity contribution in [2.45, 2.75) is 114 Å². The van der Waals surface area contributed by atoms with Gasteiger partial charge in [-0.15, -0.1) is 0 Å². The molecule has 11 heteroatoms. The van der Waals surface area contributed by atoms with Crippen molar-refractivity contribution < 1.29 is 53.2 Å². The second-order valence-electron chi connectivity index (χ2n) is 8.68. The van der Waals surface area contributed by atoms with Gasteiger partial charge in [-0.25, -0.2) is 0 Å². The van der Waals surface area contributed by atoms with Crippen LogP contribution in [0.15, 0.2) is 0 Å². The van der Waals surface area contributed by atoms with Gasteiger partial charge in [0.15, 0.2) is 18.9 Å². The van der Waals surface area contributed by atoms with Gasteiger partial charge in [-0.1, -0.05) is 0 Å². The van der Waals surface area contributed by atoms with Crippen LogP contribution in [0.4, 0.5) is 0 Å². The van der Waals surface area contributed by atoms with E-state index in [0.29, 0.717) is 12.8 Å². The fourth-order valence-electron chi connectivity index (χ4n) is 4.68. The van der Waals surface area contributed by atoms with E-state index < -0.39 is 67.7 Å². The van der Waals surface area contributed by atoms with Crippen LogP contribution >= 0.6 is 0 Å². The molecule has 0 amide bonds. The molecule has 188 valence electrons. The maximum Gasteiger partial charge on any atom is 0.187 e. The van der Waals surface area contributed by atoms with Crippen molar-refractivity contribution in [2.24, 2.45) is 0 Å². The predicted molar refractivity (Wildman–Crippen MR) is 109 cm³/mol. The lowest BCUT2D eigenvalue weighted by Gasteiger charge is -2.46. The second kappa shape index (κ2) is 11.3. The summed E-state index contributed by atoms with van der Waals surface area (Å²) in [6, 6.07) is 0. The zero-order chi connectivity index (χ0) is 23.6. The minimum Gasteiger partial charge on any atom is -0.388 e. The van der Waals surface area contributed by atoms with Gasteiger partial charge in [0.2, 0.25) is 0 Å². The van der Waals surface area contributed by atoms with Crippen LogP contribution in [0.2, 0.25) is 0 Å². The molecule has 13 atom stereocenters. The quantitative estimate of drug-likeness (QED) is 0.449. The first-order valence-electron chi connectivity index (χ1n) is 11.1. The molecule has 3 aliphatic heterocycles. The van der Waals surface area contributed by atoms with Gasteiger partial charge >= 0.3 is 0 Å². The molecule has 0 aromatic rings. The van der Waals surface area contributed by atoms with E-state index in [1.165, 1.54) is 7.11 Å². The summed E-state index contributed by atoms with van der Waals surface area (Å²) in [7, 11) is 4.55. The highest BCUT2D eigenvalue weighted by molar-refractivity contribution is 4.91. The number of methoxy groups -OCH3 is 3. The van der Waals surface area contributed by atoms with E-state index >= 15 is 0 Å². The molecule has 0 radical (unpaired) electrons. The highest BCUT2D eigenvalue weighted by Gasteiger charge is 2.48. The number of rotatable bonds is 7. The molecule has 3 rings (SSSR count). The summed E-state index contributed by atoms with van der Waals surface area (Å²) >= 11 is 0. The molecular formula is C21H38O11. The van der Waals surface area contributed by atoms with Gasteiger partial charge in [0.1, 0.15) is 30.5 Å². The Labute approximate surface area is 188 Å². The Hall–Kier alpha value is -0.440. The van der Waals surface area contributed by atoms with Crippen molar-refractivity contribution in [3.05, 3.63) is 0 Å². The van der Waals surface area contributed by atoms with E-state index in [0.717, 1.165) is 0 Å². The Morgan fingerprint density at radius 1 is 0.625 bits per heavy atom. The molecule has 11 nitrogen and oxygen atoms in total. The standard InChI is InChI=1S/C21H38O11/c1-9-16(23)20(27-6)17(24)21(30-9)32-19-11(3)29-15(8-13(19)26-5)31-18-10(2)28-14(22)7-12(18)25-4/h9-24H,7-8H2,1-6H3/t9-,10-,11-,12+,13-,14-,15+,16-,17-,18-,19-,20-,21+/m1/s1. The van der Waals surface area contributed by atoms with Gasteiger partial charge in [0, 0.05) is 34.2 Å². The van der Waals surface area contributed by atoms with Crippen molar-refractivity contribution in [3.63, 3.8) is 0 Å². The minimum absolute atomic E-state index is 0.300. The third-order valence-corrected chi connectivity index (χ3v) is 6.51. The summed E-state index contributed by atoms with van der Waals surface area (Å²) in [5.74, 6) is 0. The number of aliphatic hydroxyl groups excluding tert-OH is 3. The van der Waals surface area contributed by atoms with Crippen LogP contribution < -0.4 is 0 Å². The van der Waals surface area contributed by atoms with E-state index in [4.69, 9.17) is 37.9 Å². The van der Waals surface area contributed by atoms with E-state index in [9.17, 15) is 15.3 Å². The molecule has 3 aliphatic rings. The molecule has 3 fully saturated rings. The number of hydrogen-bond donors (Lipinski definition) is 3. The molecule has 0 aromatic heterocycles. The summed E-state index contributed by atoms with van der Waals surface area (Å²) in [6.45, 7) is 5.33. The molecule has 0 spiro atoms. The average molecular weight is 467 g/mol. The van der Waals surface area contributed by atoms with E-state index in [1.54, 1.807) is 21.1 Å². The van der Waals surface area contributed by atoms with Gasteiger partial charge in [-0.3, -0.25) is 0 Å². The predicted octanol–water partition coefficient (Wildman–Crippen LogP) is -0.469. The average Bonchev–Trinajstić information content (AvgIpc) is 2.75. The summed E-state index contributed by atoms with van der Waals surface area (Å²) in [5, 5.41) is 30.6. The van der Waals surface area contributed by atoms with Crippen molar-refractivity contribution in [1.82, 2.24) is 0 Å². The van der Waals surface area contributed by atoms with Crippen LogP contribution in [0.1, 0.15) is 33.6 Å². The second-order valence-corrected chi connectivity index (χ2v) is 8.68. The molecule has 0 aliphatic carbocycles. The molecule has 3 N–H and O–H groups in total. The van der Waals surface area contributed by atoms with Gasteiger partial charge in [-0.05, 0) is 20.8 Å². The monoisotopic (exact) mass is 466 g/mol. The van der Waals surface area contributed by atoms with Crippen molar-refractivity contribution in [3.8, 4) is 0 Å². The van der Waals surface area contributed by atoms with Crippen LogP contribution in [-0.4, -0.2) is 117 Å². The molecule has 3 saturated heterocycles. The minimum atomic E-state index is -1.18. The van der Waals surface area contributed by atoms with Crippen LogP contribution in [0, 0.1) is 0 Å². The van der Waals surface area contributed by atoms with Gasteiger partial charge in [-0.2, -0.15) is 0 Å². The zero-order valence-electron chi connectivity index (χ0n) is 19.5. The Morgan fingerprint density at radius 3 is 1.84 bits per heavy atom. The Bertz CT molecular complexity index is 580. The zero-order valence-corrected chi connectivity index (χ0v) is 19.5. The third kappa shape index (κ3) is 5.61. The Balaban J connectivity index is 1.64. The van der Waals surface area contributed by atoms with Gasteiger partial charge in [0.25, 0.3) is 0 Å². The van der Waals surface area contributed by atoms with Gasteiger partial charge < -0.3 is 53.2 Å². The lowest BCUT2D eigenvalue weighted by Crippen LogP contribution is -2.61. The maximum atomic E-state index is 10.6. The van der Waals surface area contributed by atoms with Crippen molar-refractivity contribution >= 4 is 0 Å². The first-order chi connectivity index (χ1) is 15.2. The molecule has 0 bridgehead atoms. The number of aliphatic hydroxyl groups is 3. The smallest absolute Gasteiger partial charge is 0.187 e. The number of ether oxygens (including phenoxy) is 8. The Morgan fingerprint density at radius 2 is 1.22 bits per heavy atom. The maximum absolute atomic E-state index is 10.6. The first-order valence-corrected chi connectivity index (χ1v) is 11.1. The summed E-state index contributed by atoms with van der Waals surface area (Å²) in [4.78, 5) is 0. The molecular weight excluding hydrogens is 428 g/mol. The van der Waals surface area contributed by atoms with E-state index in [-0.39, 0.29) is 12.2 Å². The Kier molecular flexibility index (Phi) is 9.26.